The molecular formula is C11H7Cl2N3O3. The number of halogens is 2. The van der Waals surface area contributed by atoms with E-state index in [1.807, 2.05) is 0 Å². The molecule has 6 nitrogen and oxygen atoms in total. The van der Waals surface area contributed by atoms with Crippen molar-refractivity contribution in [2.45, 2.75) is 6.61 Å². The average molecular weight is 300 g/mol. The van der Waals surface area contributed by atoms with Crippen LogP contribution in [0.1, 0.15) is 5.56 Å². The van der Waals surface area contributed by atoms with Crippen LogP contribution in [0.4, 0.5) is 5.69 Å². The van der Waals surface area contributed by atoms with E-state index in [9.17, 15) is 10.1 Å². The third-order valence-electron chi connectivity index (χ3n) is 2.22. The lowest BCUT2D eigenvalue weighted by Crippen LogP contribution is -2.02. The summed E-state index contributed by atoms with van der Waals surface area (Å²) in [5, 5.41) is 11.2. The quantitative estimate of drug-likeness (QED) is 0.492. The Bertz CT molecular complexity index is 605. The van der Waals surface area contributed by atoms with Crippen molar-refractivity contribution in [3.63, 3.8) is 0 Å². The summed E-state index contributed by atoms with van der Waals surface area (Å²) in [6.07, 6.45) is 1.10. The molecule has 0 aliphatic heterocycles. The fraction of sp³-hybridized carbons (Fsp3) is 0.0909. The standard InChI is InChI=1S/C11H7Cl2N3O3/c12-8-3-1-7(2-4-8)5-19-11-9(16(17)18)10(13)14-6-15-11/h1-4,6H,5H2. The first-order valence-electron chi connectivity index (χ1n) is 5.10. The minimum atomic E-state index is -0.681. The van der Waals surface area contributed by atoms with E-state index in [-0.39, 0.29) is 17.6 Å². The number of benzene rings is 1. The Morgan fingerprint density at radius 1 is 1.21 bits per heavy atom. The zero-order valence-corrected chi connectivity index (χ0v) is 10.9. The lowest BCUT2D eigenvalue weighted by Gasteiger charge is -2.06. The van der Waals surface area contributed by atoms with Crippen LogP contribution in [0.25, 0.3) is 0 Å². The number of ether oxygens (including phenoxy) is 1. The number of hydrogen-bond donors (Lipinski definition) is 0. The number of aromatic nitrogens is 2. The topological polar surface area (TPSA) is 78.2 Å². The van der Waals surface area contributed by atoms with Crippen LogP contribution in [-0.2, 0) is 6.61 Å². The van der Waals surface area contributed by atoms with E-state index in [4.69, 9.17) is 27.9 Å². The van der Waals surface area contributed by atoms with Crippen molar-refractivity contribution in [2.24, 2.45) is 0 Å². The van der Waals surface area contributed by atoms with Crippen LogP contribution in [0.15, 0.2) is 30.6 Å². The number of nitro groups is 1. The van der Waals surface area contributed by atoms with Crippen LogP contribution >= 0.6 is 23.2 Å². The molecule has 0 aliphatic carbocycles. The van der Waals surface area contributed by atoms with Gasteiger partial charge in [-0.05, 0) is 17.7 Å². The highest BCUT2D eigenvalue weighted by atomic mass is 35.5. The molecule has 0 fully saturated rings. The van der Waals surface area contributed by atoms with Crippen molar-refractivity contribution in [3.8, 4) is 5.88 Å². The van der Waals surface area contributed by atoms with Gasteiger partial charge in [-0.25, -0.2) is 4.98 Å². The minimum absolute atomic E-state index is 0.116. The Morgan fingerprint density at radius 3 is 2.53 bits per heavy atom. The van der Waals surface area contributed by atoms with Crippen molar-refractivity contribution >= 4 is 28.9 Å². The highest BCUT2D eigenvalue weighted by Gasteiger charge is 2.22. The molecule has 2 rings (SSSR count). The van der Waals surface area contributed by atoms with E-state index in [0.29, 0.717) is 5.02 Å². The summed E-state index contributed by atoms with van der Waals surface area (Å²) >= 11 is 11.4. The van der Waals surface area contributed by atoms with Gasteiger partial charge in [-0.3, -0.25) is 10.1 Å². The first-order chi connectivity index (χ1) is 9.08. The van der Waals surface area contributed by atoms with E-state index < -0.39 is 10.6 Å². The van der Waals surface area contributed by atoms with Gasteiger partial charge in [0, 0.05) is 5.02 Å². The fourth-order valence-corrected chi connectivity index (χ4v) is 1.65. The first kappa shape index (κ1) is 13.5. The van der Waals surface area contributed by atoms with E-state index in [1.54, 1.807) is 24.3 Å². The zero-order valence-electron chi connectivity index (χ0n) is 9.42. The molecule has 0 saturated heterocycles. The SMILES string of the molecule is O=[N+]([O-])c1c(Cl)ncnc1OCc1ccc(Cl)cc1. The lowest BCUT2D eigenvalue weighted by atomic mass is 10.2. The Kier molecular flexibility index (Phi) is 4.13. The Hall–Kier alpha value is -1.92. The number of hydrogen-bond acceptors (Lipinski definition) is 5. The van der Waals surface area contributed by atoms with Gasteiger partial charge in [0.05, 0.1) is 4.92 Å². The Morgan fingerprint density at radius 2 is 1.89 bits per heavy atom. The summed E-state index contributed by atoms with van der Waals surface area (Å²) in [6.45, 7) is 0.116. The maximum atomic E-state index is 10.8. The Labute approximate surface area is 118 Å². The highest BCUT2D eigenvalue weighted by Crippen LogP contribution is 2.30. The largest absolute Gasteiger partial charge is 0.468 e. The molecule has 0 bridgehead atoms. The molecule has 1 aromatic carbocycles. The molecule has 0 unspecified atom stereocenters. The fourth-order valence-electron chi connectivity index (χ4n) is 1.33. The normalized spacial score (nSPS) is 10.2. The van der Waals surface area contributed by atoms with Crippen molar-refractivity contribution in [2.75, 3.05) is 0 Å². The van der Waals surface area contributed by atoms with E-state index in [1.165, 1.54) is 0 Å². The molecule has 0 amide bonds. The second-order valence-corrected chi connectivity index (χ2v) is 4.28. The molecular weight excluding hydrogens is 293 g/mol. The molecule has 0 spiro atoms. The average Bonchev–Trinajstić information content (AvgIpc) is 2.37. The smallest absolute Gasteiger partial charge is 0.367 e. The maximum absolute atomic E-state index is 10.8. The second kappa shape index (κ2) is 5.81. The first-order valence-corrected chi connectivity index (χ1v) is 5.85. The van der Waals surface area contributed by atoms with Crippen LogP contribution in [0.5, 0.6) is 5.88 Å². The molecule has 0 radical (unpaired) electrons. The molecule has 1 aromatic heterocycles. The van der Waals surface area contributed by atoms with Gasteiger partial charge in [-0.2, -0.15) is 4.98 Å². The monoisotopic (exact) mass is 299 g/mol. The van der Waals surface area contributed by atoms with Gasteiger partial charge in [-0.15, -0.1) is 0 Å². The van der Waals surface area contributed by atoms with Gasteiger partial charge in [0.25, 0.3) is 5.88 Å². The molecule has 0 atom stereocenters. The summed E-state index contributed by atoms with van der Waals surface area (Å²) in [4.78, 5) is 17.4. The summed E-state index contributed by atoms with van der Waals surface area (Å²) in [5.74, 6) is -0.167. The maximum Gasteiger partial charge on any atom is 0.367 e. The van der Waals surface area contributed by atoms with Gasteiger partial charge in [0.15, 0.2) is 0 Å². The van der Waals surface area contributed by atoms with Crippen LogP contribution < -0.4 is 4.74 Å². The van der Waals surface area contributed by atoms with Gasteiger partial charge >= 0.3 is 5.69 Å². The zero-order chi connectivity index (χ0) is 13.8. The predicted octanol–water partition coefficient (Wildman–Crippen LogP) is 3.27. The molecule has 0 aliphatic rings. The molecule has 1 heterocycles. The van der Waals surface area contributed by atoms with Crippen LogP contribution in [0, 0.1) is 10.1 Å². The van der Waals surface area contributed by atoms with Gasteiger partial charge in [-0.1, -0.05) is 35.3 Å². The second-order valence-electron chi connectivity index (χ2n) is 3.49. The minimum Gasteiger partial charge on any atom is -0.468 e. The summed E-state index contributed by atoms with van der Waals surface area (Å²) < 4.78 is 5.28. The van der Waals surface area contributed by atoms with E-state index >= 15 is 0 Å². The van der Waals surface area contributed by atoms with Gasteiger partial charge in [0.2, 0.25) is 5.15 Å². The third-order valence-corrected chi connectivity index (χ3v) is 2.74. The summed E-state index contributed by atoms with van der Waals surface area (Å²) in [5.41, 5.74) is 0.353. The van der Waals surface area contributed by atoms with Crippen molar-refractivity contribution in [1.29, 1.82) is 0 Å². The van der Waals surface area contributed by atoms with Crippen LogP contribution in [0.2, 0.25) is 10.2 Å². The number of rotatable bonds is 4. The van der Waals surface area contributed by atoms with Crippen molar-refractivity contribution in [1.82, 2.24) is 9.97 Å². The molecule has 98 valence electrons. The van der Waals surface area contributed by atoms with Crippen molar-refractivity contribution in [3.05, 3.63) is 56.4 Å². The van der Waals surface area contributed by atoms with Crippen molar-refractivity contribution < 1.29 is 9.66 Å². The molecule has 8 heteroatoms. The van der Waals surface area contributed by atoms with Gasteiger partial charge in [0.1, 0.15) is 12.9 Å². The molecule has 2 aromatic rings. The molecule has 0 N–H and O–H groups in total. The van der Waals surface area contributed by atoms with E-state index in [0.717, 1.165) is 11.9 Å². The molecule has 19 heavy (non-hydrogen) atoms. The lowest BCUT2D eigenvalue weighted by molar-refractivity contribution is -0.386. The molecule has 0 saturated carbocycles. The summed E-state index contributed by atoms with van der Waals surface area (Å²) in [7, 11) is 0. The van der Waals surface area contributed by atoms with Crippen LogP contribution in [-0.4, -0.2) is 14.9 Å². The van der Waals surface area contributed by atoms with E-state index in [2.05, 4.69) is 9.97 Å². The highest BCUT2D eigenvalue weighted by molar-refractivity contribution is 6.31. The Balaban J connectivity index is 2.18. The third kappa shape index (κ3) is 3.30. The number of nitrogens with zero attached hydrogens (tertiary/aromatic N) is 3. The van der Waals surface area contributed by atoms with Crippen LogP contribution in [0.3, 0.4) is 0 Å². The predicted molar refractivity (Wildman–Crippen MR) is 69.5 cm³/mol. The summed E-state index contributed by atoms with van der Waals surface area (Å²) in [6, 6.07) is 6.89. The van der Waals surface area contributed by atoms with Gasteiger partial charge < -0.3 is 4.74 Å².